The number of carbonyl (C=O) groups is 1. The van der Waals surface area contributed by atoms with E-state index in [4.69, 9.17) is 15.2 Å². The van der Waals surface area contributed by atoms with E-state index in [9.17, 15) is 4.79 Å². The summed E-state index contributed by atoms with van der Waals surface area (Å²) in [4.78, 5) is 25.7. The third-order valence-electron chi connectivity index (χ3n) is 7.30. The number of primary amides is 1. The summed E-state index contributed by atoms with van der Waals surface area (Å²) in [5.41, 5.74) is 6.86. The van der Waals surface area contributed by atoms with E-state index < -0.39 is 0 Å². The molecule has 1 unspecified atom stereocenters. The van der Waals surface area contributed by atoms with Gasteiger partial charge in [-0.15, -0.1) is 11.3 Å². The van der Waals surface area contributed by atoms with Gasteiger partial charge in [-0.2, -0.15) is 0 Å². The Morgan fingerprint density at radius 3 is 2.77 bits per heavy atom. The van der Waals surface area contributed by atoms with Crippen molar-refractivity contribution in [2.75, 3.05) is 26.3 Å². The Labute approximate surface area is 187 Å². The Morgan fingerprint density at radius 2 is 2.03 bits per heavy atom. The number of nitrogens with zero attached hydrogens (tertiary/aromatic N) is 3. The molecule has 0 spiro atoms. The molecule has 1 saturated heterocycles. The Balaban J connectivity index is 1.31. The number of rotatable bonds is 6. The minimum atomic E-state index is -0.224. The molecule has 2 atom stereocenters. The van der Waals surface area contributed by atoms with Crippen LogP contribution in [0.5, 0.6) is 5.88 Å². The second-order valence-corrected chi connectivity index (χ2v) is 10.4. The molecule has 2 fully saturated rings. The van der Waals surface area contributed by atoms with Crippen molar-refractivity contribution in [3.8, 4) is 5.88 Å². The molecule has 0 radical (unpaired) electrons. The highest BCUT2D eigenvalue weighted by molar-refractivity contribution is 7.19. The molecular weight excluding hydrogens is 412 g/mol. The van der Waals surface area contributed by atoms with Gasteiger partial charge >= 0.3 is 0 Å². The first kappa shape index (κ1) is 21.1. The molecule has 0 aromatic carbocycles. The van der Waals surface area contributed by atoms with Crippen molar-refractivity contribution in [1.29, 1.82) is 0 Å². The van der Waals surface area contributed by atoms with Gasteiger partial charge in [-0.3, -0.25) is 9.69 Å². The number of carbonyl (C=O) groups excluding carboxylic acids is 1. The van der Waals surface area contributed by atoms with E-state index in [1.807, 2.05) is 6.92 Å². The van der Waals surface area contributed by atoms with Gasteiger partial charge in [0.1, 0.15) is 17.3 Å². The second kappa shape index (κ2) is 9.00. The molecule has 5 rings (SSSR count). The smallest absolute Gasteiger partial charge is 0.225 e. The lowest BCUT2D eigenvalue weighted by molar-refractivity contribution is -0.121. The van der Waals surface area contributed by atoms with Gasteiger partial charge in [0.2, 0.25) is 11.8 Å². The highest BCUT2D eigenvalue weighted by Crippen LogP contribution is 2.48. The van der Waals surface area contributed by atoms with Gasteiger partial charge in [-0.1, -0.05) is 6.92 Å². The summed E-state index contributed by atoms with van der Waals surface area (Å²) < 4.78 is 12.0. The van der Waals surface area contributed by atoms with Gasteiger partial charge in [-0.25, -0.2) is 9.97 Å². The van der Waals surface area contributed by atoms with Crippen LogP contribution >= 0.6 is 11.3 Å². The molecular formula is C23H32N4O3S. The molecule has 3 heterocycles. The minimum Gasteiger partial charge on any atom is -0.474 e. The first-order valence-corrected chi connectivity index (χ1v) is 12.5. The molecule has 2 aromatic rings. The number of thiophene rings is 1. The van der Waals surface area contributed by atoms with E-state index in [-0.39, 0.29) is 17.9 Å². The summed E-state index contributed by atoms with van der Waals surface area (Å²) in [6, 6.07) is 0.652. The number of hydrogen-bond acceptors (Lipinski definition) is 7. The fourth-order valence-electron chi connectivity index (χ4n) is 5.54. The molecule has 8 heteroatoms. The average Bonchev–Trinajstić information content (AvgIpc) is 3.35. The zero-order valence-corrected chi connectivity index (χ0v) is 19.0. The summed E-state index contributed by atoms with van der Waals surface area (Å²) in [6.45, 7) is 5.74. The Bertz CT molecular complexity index is 934. The van der Waals surface area contributed by atoms with Crippen LogP contribution in [0.3, 0.4) is 0 Å². The van der Waals surface area contributed by atoms with Crippen molar-refractivity contribution in [3.05, 3.63) is 16.8 Å². The van der Waals surface area contributed by atoms with Gasteiger partial charge < -0.3 is 15.2 Å². The lowest BCUT2D eigenvalue weighted by Crippen LogP contribution is -2.46. The topological polar surface area (TPSA) is 90.6 Å². The van der Waals surface area contributed by atoms with Crippen LogP contribution in [-0.4, -0.2) is 59.2 Å². The van der Waals surface area contributed by atoms with E-state index in [0.29, 0.717) is 12.0 Å². The summed E-state index contributed by atoms with van der Waals surface area (Å²) >= 11 is 1.76. The van der Waals surface area contributed by atoms with E-state index in [1.165, 1.54) is 23.3 Å². The van der Waals surface area contributed by atoms with Crippen LogP contribution in [0.1, 0.15) is 61.8 Å². The zero-order valence-electron chi connectivity index (χ0n) is 18.2. The molecule has 2 N–H and O–H groups in total. The monoisotopic (exact) mass is 444 g/mol. The Hall–Kier alpha value is -1.77. The quantitative estimate of drug-likeness (QED) is 0.735. The molecule has 1 amide bonds. The SMILES string of the molecule is CC(C[C@H]1CCc2sc3ncnc(OC4CCC(N5CCOCC5)CC4)c3c21)C(N)=O. The average molecular weight is 445 g/mol. The number of amides is 1. The third-order valence-corrected chi connectivity index (χ3v) is 8.48. The molecule has 2 aliphatic carbocycles. The van der Waals surface area contributed by atoms with E-state index >= 15 is 0 Å². The van der Waals surface area contributed by atoms with Crippen LogP contribution in [-0.2, 0) is 16.0 Å². The van der Waals surface area contributed by atoms with Crippen LogP contribution in [0.15, 0.2) is 6.33 Å². The van der Waals surface area contributed by atoms with Crippen molar-refractivity contribution in [1.82, 2.24) is 14.9 Å². The van der Waals surface area contributed by atoms with Crippen LogP contribution in [0.4, 0.5) is 0 Å². The van der Waals surface area contributed by atoms with Crippen molar-refractivity contribution in [2.24, 2.45) is 11.7 Å². The number of hydrogen-bond donors (Lipinski definition) is 1. The number of ether oxygens (including phenoxy) is 2. The van der Waals surface area contributed by atoms with Crippen LogP contribution in [0, 0.1) is 5.92 Å². The first-order chi connectivity index (χ1) is 15.1. The first-order valence-electron chi connectivity index (χ1n) is 11.6. The maximum atomic E-state index is 11.6. The van der Waals surface area contributed by atoms with Gasteiger partial charge in [0, 0.05) is 29.9 Å². The second-order valence-electron chi connectivity index (χ2n) is 9.27. The molecule has 168 valence electrons. The predicted molar refractivity (Wildman–Crippen MR) is 121 cm³/mol. The number of morpholine rings is 1. The summed E-state index contributed by atoms with van der Waals surface area (Å²) in [6.07, 6.45) is 9.17. The molecule has 7 nitrogen and oxygen atoms in total. The standard InChI is InChI=1S/C23H32N4O3S/c1-14(21(24)28)12-15-2-7-18-19(15)20-22(25-13-26-23(20)31-18)30-17-5-3-16(4-6-17)27-8-10-29-11-9-27/h13-17H,2-12H2,1H3,(H2,24,28)/t14?,15-,16?,17?/m1/s1. The normalized spacial score (nSPS) is 27.8. The van der Waals surface area contributed by atoms with Crippen LogP contribution < -0.4 is 10.5 Å². The highest BCUT2D eigenvalue weighted by atomic mass is 32.1. The van der Waals surface area contributed by atoms with Gasteiger partial charge in [0.25, 0.3) is 0 Å². The van der Waals surface area contributed by atoms with E-state index in [0.717, 1.165) is 74.5 Å². The molecule has 0 bridgehead atoms. The number of fused-ring (bicyclic) bond motifs is 3. The van der Waals surface area contributed by atoms with Crippen LogP contribution in [0.25, 0.3) is 10.2 Å². The fraction of sp³-hybridized carbons (Fsp3) is 0.696. The maximum Gasteiger partial charge on any atom is 0.225 e. The van der Waals surface area contributed by atoms with Gasteiger partial charge in [0.15, 0.2) is 0 Å². The lowest BCUT2D eigenvalue weighted by Gasteiger charge is -2.38. The zero-order chi connectivity index (χ0) is 21.4. The predicted octanol–water partition coefficient (Wildman–Crippen LogP) is 3.25. The molecule has 3 aliphatic rings. The number of aromatic nitrogens is 2. The van der Waals surface area contributed by atoms with Crippen molar-refractivity contribution >= 4 is 27.5 Å². The summed E-state index contributed by atoms with van der Waals surface area (Å²) in [5.74, 6) is 0.709. The largest absolute Gasteiger partial charge is 0.474 e. The Morgan fingerprint density at radius 1 is 1.26 bits per heavy atom. The summed E-state index contributed by atoms with van der Waals surface area (Å²) in [7, 11) is 0. The van der Waals surface area contributed by atoms with Crippen molar-refractivity contribution < 1.29 is 14.3 Å². The van der Waals surface area contributed by atoms with Crippen molar-refractivity contribution in [3.63, 3.8) is 0 Å². The number of aryl methyl sites for hydroxylation is 1. The maximum absolute atomic E-state index is 11.6. The number of nitrogens with two attached hydrogens (primary N) is 1. The molecule has 1 saturated carbocycles. The van der Waals surface area contributed by atoms with E-state index in [1.54, 1.807) is 17.7 Å². The van der Waals surface area contributed by atoms with Gasteiger partial charge in [-0.05, 0) is 56.4 Å². The minimum absolute atomic E-state index is 0.129. The Kier molecular flexibility index (Phi) is 6.12. The van der Waals surface area contributed by atoms with Crippen LogP contribution in [0.2, 0.25) is 0 Å². The molecule has 2 aromatic heterocycles. The van der Waals surface area contributed by atoms with E-state index in [2.05, 4.69) is 14.9 Å². The highest BCUT2D eigenvalue weighted by Gasteiger charge is 2.33. The fourth-order valence-corrected chi connectivity index (χ4v) is 6.77. The lowest BCUT2D eigenvalue weighted by atomic mass is 9.90. The summed E-state index contributed by atoms with van der Waals surface area (Å²) in [5, 5.41) is 1.08. The third kappa shape index (κ3) is 4.30. The van der Waals surface area contributed by atoms with Crippen molar-refractivity contribution in [2.45, 2.75) is 69.9 Å². The molecule has 1 aliphatic heterocycles. The molecule has 31 heavy (non-hydrogen) atoms. The van der Waals surface area contributed by atoms with Gasteiger partial charge in [0.05, 0.1) is 18.6 Å².